The van der Waals surface area contributed by atoms with Gasteiger partial charge in [0.15, 0.2) is 0 Å². The van der Waals surface area contributed by atoms with Crippen molar-refractivity contribution in [3.8, 4) is 0 Å². The zero-order valence-corrected chi connectivity index (χ0v) is 11.3. The molecule has 1 aromatic heterocycles. The van der Waals surface area contributed by atoms with Crippen molar-refractivity contribution in [2.45, 2.75) is 27.3 Å². The molecule has 0 bridgehead atoms. The van der Waals surface area contributed by atoms with E-state index < -0.39 is 0 Å². The van der Waals surface area contributed by atoms with E-state index in [9.17, 15) is 4.39 Å². The van der Waals surface area contributed by atoms with Gasteiger partial charge in [0.1, 0.15) is 11.7 Å². The first-order chi connectivity index (χ1) is 8.90. The molecule has 0 saturated carbocycles. The zero-order chi connectivity index (χ0) is 14.2. The first-order valence-corrected chi connectivity index (χ1v) is 6.03. The fourth-order valence-electron chi connectivity index (χ4n) is 1.94. The Morgan fingerprint density at radius 1 is 1.37 bits per heavy atom. The second-order valence-corrected chi connectivity index (χ2v) is 4.67. The van der Waals surface area contributed by atoms with Gasteiger partial charge in [-0.05, 0) is 32.4 Å². The number of amidine groups is 1. The lowest BCUT2D eigenvalue weighted by atomic mass is 10.1. The Labute approximate surface area is 111 Å². The molecular formula is C14H17FN4. The van der Waals surface area contributed by atoms with Crippen LogP contribution < -0.4 is 5.73 Å². The maximum atomic E-state index is 13.9. The summed E-state index contributed by atoms with van der Waals surface area (Å²) >= 11 is 0. The highest BCUT2D eigenvalue weighted by Crippen LogP contribution is 2.16. The molecule has 1 heterocycles. The standard InChI is InChI=1S/C14H17FN4/c1-8-9(2)18-19(10(8)3)7-12-5-4-11(14(16)17)6-13(12)15/h4-6H,7H2,1-3H3,(H3,16,17). The fourth-order valence-corrected chi connectivity index (χ4v) is 1.94. The summed E-state index contributed by atoms with van der Waals surface area (Å²) < 4.78 is 15.7. The summed E-state index contributed by atoms with van der Waals surface area (Å²) in [6, 6.07) is 4.59. The van der Waals surface area contributed by atoms with Crippen molar-refractivity contribution in [3.05, 3.63) is 52.1 Å². The molecule has 5 heteroatoms. The van der Waals surface area contributed by atoms with E-state index in [0.717, 1.165) is 17.0 Å². The van der Waals surface area contributed by atoms with Gasteiger partial charge in [-0.2, -0.15) is 5.10 Å². The van der Waals surface area contributed by atoms with Gasteiger partial charge in [0.2, 0.25) is 0 Å². The van der Waals surface area contributed by atoms with Crippen molar-refractivity contribution in [1.82, 2.24) is 9.78 Å². The van der Waals surface area contributed by atoms with Gasteiger partial charge in [-0.15, -0.1) is 0 Å². The summed E-state index contributed by atoms with van der Waals surface area (Å²) in [6.07, 6.45) is 0. The van der Waals surface area contributed by atoms with E-state index in [1.807, 2.05) is 20.8 Å². The molecule has 0 aliphatic carbocycles. The molecule has 0 atom stereocenters. The average Bonchev–Trinajstić information content (AvgIpc) is 2.59. The highest BCUT2D eigenvalue weighted by atomic mass is 19.1. The second kappa shape index (κ2) is 4.84. The number of nitrogens with zero attached hydrogens (tertiary/aromatic N) is 2. The van der Waals surface area contributed by atoms with Crippen LogP contribution >= 0.6 is 0 Å². The molecule has 100 valence electrons. The first kappa shape index (κ1) is 13.3. The van der Waals surface area contributed by atoms with Crippen molar-refractivity contribution < 1.29 is 4.39 Å². The number of nitrogens with one attached hydrogen (secondary N) is 1. The minimum Gasteiger partial charge on any atom is -0.384 e. The van der Waals surface area contributed by atoms with Crippen LogP contribution in [0.2, 0.25) is 0 Å². The molecular weight excluding hydrogens is 243 g/mol. The summed E-state index contributed by atoms with van der Waals surface area (Å²) in [7, 11) is 0. The molecule has 0 radical (unpaired) electrons. The lowest BCUT2D eigenvalue weighted by molar-refractivity contribution is 0.578. The van der Waals surface area contributed by atoms with Gasteiger partial charge >= 0.3 is 0 Å². The molecule has 4 nitrogen and oxygen atoms in total. The van der Waals surface area contributed by atoms with Crippen LogP contribution in [0.25, 0.3) is 0 Å². The number of hydrogen-bond donors (Lipinski definition) is 2. The van der Waals surface area contributed by atoms with Crippen LogP contribution in [0.5, 0.6) is 0 Å². The second-order valence-electron chi connectivity index (χ2n) is 4.67. The van der Waals surface area contributed by atoms with Gasteiger partial charge in [0.05, 0.1) is 12.2 Å². The minimum atomic E-state index is -0.363. The number of halogens is 1. The zero-order valence-electron chi connectivity index (χ0n) is 11.3. The van der Waals surface area contributed by atoms with Gasteiger partial charge in [0, 0.05) is 16.8 Å². The van der Waals surface area contributed by atoms with Crippen LogP contribution in [0, 0.1) is 32.0 Å². The SMILES string of the molecule is Cc1nn(Cc2ccc(C(=N)N)cc2F)c(C)c1C. The van der Waals surface area contributed by atoms with E-state index in [4.69, 9.17) is 11.1 Å². The van der Waals surface area contributed by atoms with Crippen molar-refractivity contribution in [2.24, 2.45) is 5.73 Å². The summed E-state index contributed by atoms with van der Waals surface area (Å²) in [6.45, 7) is 6.29. The number of benzene rings is 1. The topological polar surface area (TPSA) is 67.7 Å². The predicted octanol–water partition coefficient (Wildman–Crippen LogP) is 2.28. The maximum Gasteiger partial charge on any atom is 0.129 e. The van der Waals surface area contributed by atoms with Crippen molar-refractivity contribution in [2.75, 3.05) is 0 Å². The molecule has 0 spiro atoms. The Bertz CT molecular complexity index is 643. The van der Waals surface area contributed by atoms with Crippen LogP contribution in [-0.4, -0.2) is 15.6 Å². The molecule has 2 aromatic rings. The van der Waals surface area contributed by atoms with Gasteiger partial charge in [-0.1, -0.05) is 12.1 Å². The van der Waals surface area contributed by atoms with Crippen LogP contribution in [0.1, 0.15) is 28.1 Å². The molecule has 19 heavy (non-hydrogen) atoms. The summed E-state index contributed by atoms with van der Waals surface area (Å²) in [4.78, 5) is 0. The van der Waals surface area contributed by atoms with Gasteiger partial charge in [-0.3, -0.25) is 10.1 Å². The number of nitrogens with two attached hydrogens (primary N) is 1. The lowest BCUT2D eigenvalue weighted by Gasteiger charge is -2.07. The Kier molecular flexibility index (Phi) is 3.38. The number of hydrogen-bond acceptors (Lipinski definition) is 2. The fraction of sp³-hybridized carbons (Fsp3) is 0.286. The third-order valence-corrected chi connectivity index (χ3v) is 3.43. The van der Waals surface area contributed by atoms with E-state index in [0.29, 0.717) is 17.7 Å². The number of rotatable bonds is 3. The lowest BCUT2D eigenvalue weighted by Crippen LogP contribution is -2.12. The van der Waals surface area contributed by atoms with Gasteiger partial charge < -0.3 is 5.73 Å². The Hall–Kier alpha value is -2.17. The highest BCUT2D eigenvalue weighted by molar-refractivity contribution is 5.94. The number of aryl methyl sites for hydroxylation is 1. The molecule has 0 saturated heterocycles. The predicted molar refractivity (Wildman–Crippen MR) is 73.0 cm³/mol. The molecule has 0 unspecified atom stereocenters. The van der Waals surface area contributed by atoms with E-state index in [2.05, 4.69) is 5.10 Å². The largest absolute Gasteiger partial charge is 0.384 e. The van der Waals surface area contributed by atoms with E-state index in [1.54, 1.807) is 16.8 Å². The Morgan fingerprint density at radius 3 is 2.53 bits per heavy atom. The Balaban J connectivity index is 2.33. The molecule has 3 N–H and O–H groups in total. The minimum absolute atomic E-state index is 0.132. The maximum absolute atomic E-state index is 13.9. The van der Waals surface area contributed by atoms with Crippen molar-refractivity contribution in [1.29, 1.82) is 5.41 Å². The van der Waals surface area contributed by atoms with Crippen LogP contribution in [0.15, 0.2) is 18.2 Å². The van der Waals surface area contributed by atoms with Gasteiger partial charge in [0.25, 0.3) is 0 Å². The molecule has 0 amide bonds. The monoisotopic (exact) mass is 260 g/mol. The first-order valence-electron chi connectivity index (χ1n) is 6.03. The molecule has 1 aromatic carbocycles. The smallest absolute Gasteiger partial charge is 0.129 e. The third kappa shape index (κ3) is 2.50. The summed E-state index contributed by atoms with van der Waals surface area (Å²) in [5, 5.41) is 11.7. The number of nitrogen functional groups attached to an aromatic ring is 1. The van der Waals surface area contributed by atoms with Crippen LogP contribution in [-0.2, 0) is 6.54 Å². The van der Waals surface area contributed by atoms with E-state index >= 15 is 0 Å². The van der Waals surface area contributed by atoms with E-state index in [-0.39, 0.29) is 11.7 Å². The van der Waals surface area contributed by atoms with Gasteiger partial charge in [-0.25, -0.2) is 4.39 Å². The van der Waals surface area contributed by atoms with Crippen LogP contribution in [0.4, 0.5) is 4.39 Å². The molecule has 0 aliphatic heterocycles. The Morgan fingerprint density at radius 2 is 2.05 bits per heavy atom. The summed E-state index contributed by atoms with van der Waals surface area (Å²) in [5.41, 5.74) is 9.38. The molecule has 0 fully saturated rings. The normalized spacial score (nSPS) is 10.7. The van der Waals surface area contributed by atoms with Crippen molar-refractivity contribution >= 4 is 5.84 Å². The average molecular weight is 260 g/mol. The molecule has 2 rings (SSSR count). The molecule has 0 aliphatic rings. The quantitative estimate of drug-likeness (QED) is 0.656. The van der Waals surface area contributed by atoms with Crippen LogP contribution in [0.3, 0.4) is 0 Å². The van der Waals surface area contributed by atoms with Crippen molar-refractivity contribution in [3.63, 3.8) is 0 Å². The highest BCUT2D eigenvalue weighted by Gasteiger charge is 2.11. The third-order valence-electron chi connectivity index (χ3n) is 3.43. The number of aromatic nitrogens is 2. The summed E-state index contributed by atoms with van der Waals surface area (Å²) in [5.74, 6) is -0.495. The van der Waals surface area contributed by atoms with E-state index in [1.165, 1.54) is 6.07 Å².